The zero-order valence-electron chi connectivity index (χ0n) is 21.2. The maximum atomic E-state index is 13.5. The number of phenolic OH excluding ortho intramolecular Hbond substituents is 1. The van der Waals surface area contributed by atoms with Gasteiger partial charge in [0.2, 0.25) is 11.8 Å². The Balaban J connectivity index is 1.29. The van der Waals surface area contributed by atoms with Gasteiger partial charge in [0.15, 0.2) is 0 Å². The Morgan fingerprint density at radius 3 is 2.28 bits per heavy atom. The van der Waals surface area contributed by atoms with Crippen LogP contribution in [0.25, 0.3) is 21.9 Å². The molecule has 202 valence electrons. The molecule has 1 aliphatic rings. The zero-order chi connectivity index (χ0) is 27.6. The van der Waals surface area contributed by atoms with Gasteiger partial charge in [-0.25, -0.2) is 4.79 Å². The van der Waals surface area contributed by atoms with Crippen LogP contribution in [0, 0.1) is 0 Å². The van der Waals surface area contributed by atoms with E-state index in [0.29, 0.717) is 30.4 Å². The maximum Gasteiger partial charge on any atom is 0.326 e. The fraction of sp³-hybridized carbons (Fsp3) is 0.300. The smallest absolute Gasteiger partial charge is 0.326 e. The van der Waals surface area contributed by atoms with Crippen molar-refractivity contribution in [1.82, 2.24) is 10.6 Å². The van der Waals surface area contributed by atoms with Crippen molar-refractivity contribution in [3.05, 3.63) is 77.9 Å². The number of benzene rings is 3. The molecular formula is C30H30N2O6S. The predicted octanol–water partition coefficient (Wildman–Crippen LogP) is 4.37. The molecule has 0 bridgehead atoms. The number of fused-ring (bicyclic) bond motifs is 3. The van der Waals surface area contributed by atoms with Gasteiger partial charge in [0.05, 0.1) is 5.25 Å². The van der Waals surface area contributed by atoms with E-state index < -0.39 is 34.6 Å². The number of furan rings is 1. The molecule has 3 aromatic carbocycles. The number of aliphatic carboxylic acids is 1. The quantitative estimate of drug-likeness (QED) is 0.198. The summed E-state index contributed by atoms with van der Waals surface area (Å²) in [6.45, 7) is 0. The van der Waals surface area contributed by atoms with Crippen LogP contribution in [-0.4, -0.2) is 44.8 Å². The highest BCUT2D eigenvalue weighted by molar-refractivity contribution is 7.81. The number of para-hydroxylation sites is 1. The summed E-state index contributed by atoms with van der Waals surface area (Å²) in [6, 6.07) is 18.5. The fourth-order valence-electron chi connectivity index (χ4n) is 5.28. The number of carboxylic acid groups (broad SMARTS) is 1. The maximum absolute atomic E-state index is 13.5. The third-order valence-electron chi connectivity index (χ3n) is 7.41. The van der Waals surface area contributed by atoms with Crippen molar-refractivity contribution in [2.24, 2.45) is 0 Å². The first-order valence-corrected chi connectivity index (χ1v) is 13.5. The van der Waals surface area contributed by atoms with Gasteiger partial charge in [-0.1, -0.05) is 55.3 Å². The topological polar surface area (TPSA) is 129 Å². The highest BCUT2D eigenvalue weighted by Crippen LogP contribution is 2.32. The van der Waals surface area contributed by atoms with Crippen molar-refractivity contribution in [1.29, 1.82) is 0 Å². The van der Waals surface area contributed by atoms with E-state index in [2.05, 4.69) is 23.3 Å². The number of carbonyl (C=O) groups is 3. The summed E-state index contributed by atoms with van der Waals surface area (Å²) in [5, 5.41) is 26.2. The molecule has 2 amide bonds. The van der Waals surface area contributed by atoms with Crippen LogP contribution >= 0.6 is 12.6 Å². The summed E-state index contributed by atoms with van der Waals surface area (Å²) in [7, 11) is 0. The first-order valence-electron chi connectivity index (χ1n) is 13.0. The van der Waals surface area contributed by atoms with Gasteiger partial charge in [-0.3, -0.25) is 9.59 Å². The molecule has 2 atom stereocenters. The van der Waals surface area contributed by atoms with Gasteiger partial charge in [-0.15, -0.1) is 0 Å². The van der Waals surface area contributed by atoms with E-state index >= 15 is 0 Å². The lowest BCUT2D eigenvalue weighted by atomic mass is 9.94. The average molecular weight is 547 g/mol. The largest absolute Gasteiger partial charge is 0.508 e. The van der Waals surface area contributed by atoms with Crippen molar-refractivity contribution >= 4 is 52.4 Å². The highest BCUT2D eigenvalue weighted by Gasteiger charge is 2.44. The minimum Gasteiger partial charge on any atom is -0.508 e. The Hall–Kier alpha value is -3.98. The first kappa shape index (κ1) is 26.6. The molecule has 1 unspecified atom stereocenters. The molecule has 8 nitrogen and oxygen atoms in total. The van der Waals surface area contributed by atoms with Crippen LogP contribution in [0.5, 0.6) is 5.75 Å². The standard InChI is InChI=1S/C30H30N2O6S/c33-20-10-7-18(8-11-20)17-26(39)27(34)32-30(13-3-4-14-30)29(37)31-23(28(35)36)15-19-9-12-22-21-5-1-2-6-24(21)38-25(22)16-19/h1-2,5-12,16,23,26,33,39H,3-4,13-15,17H2,(H,31,37)(H,32,34)(H,35,36)/t23-,26?/m0/s1. The zero-order valence-corrected chi connectivity index (χ0v) is 22.1. The van der Waals surface area contributed by atoms with Crippen LogP contribution < -0.4 is 10.6 Å². The van der Waals surface area contributed by atoms with Crippen LogP contribution in [0.4, 0.5) is 0 Å². The number of hydrogen-bond acceptors (Lipinski definition) is 6. The number of carboxylic acids is 1. The van der Waals surface area contributed by atoms with Gasteiger partial charge >= 0.3 is 5.97 Å². The molecule has 0 spiro atoms. The Kier molecular flexibility index (Phi) is 7.52. The predicted molar refractivity (Wildman–Crippen MR) is 151 cm³/mol. The van der Waals surface area contributed by atoms with Gasteiger partial charge in [0.1, 0.15) is 28.5 Å². The number of thiol groups is 1. The second-order valence-corrected chi connectivity index (χ2v) is 10.8. The lowest BCUT2D eigenvalue weighted by Crippen LogP contribution is -2.61. The second kappa shape index (κ2) is 11.0. The number of amides is 2. The van der Waals surface area contributed by atoms with E-state index in [-0.39, 0.29) is 12.2 Å². The van der Waals surface area contributed by atoms with Crippen molar-refractivity contribution in [2.45, 2.75) is 55.4 Å². The summed E-state index contributed by atoms with van der Waals surface area (Å²) >= 11 is 4.45. The lowest BCUT2D eigenvalue weighted by Gasteiger charge is -2.31. The van der Waals surface area contributed by atoms with Crippen molar-refractivity contribution in [3.63, 3.8) is 0 Å². The van der Waals surface area contributed by atoms with Gasteiger partial charge in [0.25, 0.3) is 0 Å². The Bertz CT molecular complexity index is 1520. The van der Waals surface area contributed by atoms with E-state index in [0.717, 1.165) is 34.8 Å². The van der Waals surface area contributed by atoms with Gasteiger partial charge in [-0.2, -0.15) is 12.6 Å². The molecule has 9 heteroatoms. The number of hydrogen-bond donors (Lipinski definition) is 5. The molecule has 0 aliphatic heterocycles. The summed E-state index contributed by atoms with van der Waals surface area (Å²) in [4.78, 5) is 38.7. The molecule has 4 N–H and O–H groups in total. The molecule has 1 aromatic heterocycles. The molecule has 1 saturated carbocycles. The van der Waals surface area contributed by atoms with Crippen molar-refractivity contribution in [3.8, 4) is 5.75 Å². The number of phenols is 1. The lowest BCUT2D eigenvalue weighted by molar-refractivity contribution is -0.143. The number of aromatic hydroxyl groups is 1. The molecule has 1 aliphatic carbocycles. The van der Waals surface area contributed by atoms with Crippen LogP contribution in [0.2, 0.25) is 0 Å². The summed E-state index contributed by atoms with van der Waals surface area (Å²) in [5.74, 6) is -1.93. The van der Waals surface area contributed by atoms with Crippen molar-refractivity contribution < 1.29 is 29.0 Å². The van der Waals surface area contributed by atoms with Crippen LogP contribution in [0.15, 0.2) is 71.1 Å². The van der Waals surface area contributed by atoms with Gasteiger partial charge < -0.3 is 25.3 Å². The normalized spacial score (nSPS) is 16.1. The number of rotatable bonds is 9. The highest BCUT2D eigenvalue weighted by atomic mass is 32.1. The monoisotopic (exact) mass is 546 g/mol. The molecule has 0 saturated heterocycles. The summed E-state index contributed by atoms with van der Waals surface area (Å²) in [5.41, 5.74) is 1.74. The Morgan fingerprint density at radius 1 is 0.897 bits per heavy atom. The fourth-order valence-corrected chi connectivity index (χ4v) is 5.56. The molecule has 1 fully saturated rings. The second-order valence-electron chi connectivity index (χ2n) is 10.2. The van der Waals surface area contributed by atoms with Gasteiger partial charge in [-0.05, 0) is 54.7 Å². The average Bonchev–Trinajstić information content (AvgIpc) is 3.54. The van der Waals surface area contributed by atoms with E-state index in [1.165, 1.54) is 12.1 Å². The number of carbonyl (C=O) groups excluding carboxylic acids is 2. The van der Waals surface area contributed by atoms with Gasteiger partial charge in [0, 0.05) is 17.2 Å². The molecule has 0 radical (unpaired) electrons. The minimum atomic E-state index is -1.19. The Morgan fingerprint density at radius 2 is 1.56 bits per heavy atom. The number of nitrogens with one attached hydrogen (secondary N) is 2. The van der Waals surface area contributed by atoms with E-state index in [4.69, 9.17) is 4.42 Å². The third-order valence-corrected chi connectivity index (χ3v) is 7.83. The van der Waals surface area contributed by atoms with Crippen LogP contribution in [-0.2, 0) is 27.2 Å². The molecule has 5 rings (SSSR count). The summed E-state index contributed by atoms with van der Waals surface area (Å²) in [6.07, 6.45) is 2.69. The first-order chi connectivity index (χ1) is 18.7. The third kappa shape index (κ3) is 5.73. The Labute approximate surface area is 230 Å². The van der Waals surface area contributed by atoms with Crippen molar-refractivity contribution in [2.75, 3.05) is 0 Å². The summed E-state index contributed by atoms with van der Waals surface area (Å²) < 4.78 is 5.93. The van der Waals surface area contributed by atoms with Crippen LogP contribution in [0.3, 0.4) is 0 Å². The molecule has 4 aromatic rings. The minimum absolute atomic E-state index is 0.0636. The van der Waals surface area contributed by atoms with Crippen LogP contribution in [0.1, 0.15) is 36.8 Å². The van der Waals surface area contributed by atoms with E-state index in [1.54, 1.807) is 18.2 Å². The van der Waals surface area contributed by atoms with E-state index in [9.17, 15) is 24.6 Å². The SMILES string of the molecule is O=C(NC1(C(=O)N[C@@H](Cc2ccc3c(c2)oc2ccccc23)C(=O)O)CCCC1)C(S)Cc1ccc(O)cc1. The van der Waals surface area contributed by atoms with E-state index in [1.807, 2.05) is 36.4 Å². The molecule has 1 heterocycles. The molecule has 39 heavy (non-hydrogen) atoms. The molecular weight excluding hydrogens is 516 g/mol.